The highest BCUT2D eigenvalue weighted by Crippen LogP contribution is 2.28. The summed E-state index contributed by atoms with van der Waals surface area (Å²) in [4.78, 5) is 58.0. The summed E-state index contributed by atoms with van der Waals surface area (Å²) in [6, 6.07) is 21.4. The maximum atomic E-state index is 14.1. The number of likely N-dealkylation sites (tertiary alicyclic amines) is 1. The van der Waals surface area contributed by atoms with E-state index < -0.39 is 12.0 Å². The number of anilines is 1. The fraction of sp³-hybridized carbons (Fsp3) is 0.389. The Bertz CT molecular complexity index is 1500. The highest BCUT2D eigenvalue weighted by atomic mass is 35.5. The van der Waals surface area contributed by atoms with Crippen LogP contribution in [-0.2, 0) is 27.3 Å². The molecule has 1 fully saturated rings. The molecule has 3 aromatic carbocycles. The van der Waals surface area contributed by atoms with Crippen molar-refractivity contribution in [2.75, 3.05) is 25.0 Å². The van der Waals surface area contributed by atoms with E-state index in [0.717, 1.165) is 49.2 Å². The number of hydrogen-bond donors (Lipinski definition) is 1. The van der Waals surface area contributed by atoms with Gasteiger partial charge in [0.25, 0.3) is 0 Å². The fourth-order valence-corrected chi connectivity index (χ4v) is 6.34. The molecule has 0 radical (unpaired) electrons. The van der Waals surface area contributed by atoms with Crippen LogP contribution in [0, 0.1) is 12.8 Å². The first-order valence-corrected chi connectivity index (χ1v) is 15.9. The molecule has 5 rings (SSSR count). The number of carbonyl (C=O) groups is 4. The summed E-state index contributed by atoms with van der Waals surface area (Å²) < 4.78 is 0. The lowest BCUT2D eigenvalue weighted by molar-refractivity contribution is -0.141. The topological polar surface area (TPSA) is 86.8 Å². The van der Waals surface area contributed by atoms with Gasteiger partial charge in [-0.3, -0.25) is 19.2 Å². The Labute approximate surface area is 264 Å². The molecular weight excluding hydrogens is 574 g/mol. The largest absolute Gasteiger partial charge is 0.328 e. The van der Waals surface area contributed by atoms with Crippen LogP contribution in [0.25, 0.3) is 0 Å². The second-order valence-corrected chi connectivity index (χ2v) is 12.4. The van der Waals surface area contributed by atoms with Crippen LogP contribution in [0.15, 0.2) is 72.8 Å². The molecule has 1 N–H and O–H groups in total. The number of amides is 2. The van der Waals surface area contributed by atoms with Crippen molar-refractivity contribution in [2.45, 2.75) is 64.5 Å². The van der Waals surface area contributed by atoms with Gasteiger partial charge in [0, 0.05) is 54.4 Å². The predicted molar refractivity (Wildman–Crippen MR) is 173 cm³/mol. The van der Waals surface area contributed by atoms with Crippen molar-refractivity contribution in [2.24, 2.45) is 5.92 Å². The van der Waals surface area contributed by atoms with Crippen molar-refractivity contribution in [3.8, 4) is 0 Å². The van der Waals surface area contributed by atoms with Gasteiger partial charge < -0.3 is 15.1 Å². The lowest BCUT2D eigenvalue weighted by Gasteiger charge is -2.37. The Balaban J connectivity index is 1.32. The van der Waals surface area contributed by atoms with Gasteiger partial charge in [-0.15, -0.1) is 0 Å². The zero-order chi connectivity index (χ0) is 31.1. The van der Waals surface area contributed by atoms with Gasteiger partial charge in [-0.2, -0.15) is 0 Å². The minimum Gasteiger partial charge on any atom is -0.328 e. The molecule has 0 unspecified atom stereocenters. The number of carbonyl (C=O) groups excluding carboxylic acids is 4. The maximum Gasteiger partial charge on any atom is 0.227 e. The van der Waals surface area contributed by atoms with Crippen molar-refractivity contribution >= 4 is 40.7 Å². The second-order valence-electron chi connectivity index (χ2n) is 12.0. The molecule has 2 atom stereocenters. The molecule has 2 aliphatic heterocycles. The molecule has 0 aromatic heterocycles. The lowest BCUT2D eigenvalue weighted by atomic mass is 9.87. The molecule has 2 aliphatic rings. The number of halogens is 1. The first-order valence-electron chi connectivity index (χ1n) is 15.5. The van der Waals surface area contributed by atoms with E-state index >= 15 is 0 Å². The maximum absolute atomic E-state index is 14.1. The molecule has 230 valence electrons. The van der Waals surface area contributed by atoms with E-state index in [0.29, 0.717) is 35.7 Å². The number of aryl methyl sites for hydroxylation is 1. The van der Waals surface area contributed by atoms with Gasteiger partial charge in [0.15, 0.2) is 11.6 Å². The van der Waals surface area contributed by atoms with Crippen LogP contribution >= 0.6 is 11.6 Å². The number of Topliss-reactive ketones (excluding diaryl/α,β-unsaturated/α-hetero) is 2. The lowest BCUT2D eigenvalue weighted by Crippen LogP contribution is -2.49. The number of nitrogens with one attached hydrogen (secondary N) is 1. The van der Waals surface area contributed by atoms with Crippen LogP contribution in [0.5, 0.6) is 0 Å². The average molecular weight is 614 g/mol. The summed E-state index contributed by atoms with van der Waals surface area (Å²) in [5.41, 5.74) is 4.10. The van der Waals surface area contributed by atoms with Crippen molar-refractivity contribution in [1.29, 1.82) is 0 Å². The van der Waals surface area contributed by atoms with Crippen molar-refractivity contribution in [1.82, 2.24) is 9.80 Å². The second kappa shape index (κ2) is 14.8. The van der Waals surface area contributed by atoms with Crippen LogP contribution in [0.2, 0.25) is 5.02 Å². The summed E-state index contributed by atoms with van der Waals surface area (Å²) in [5.74, 6) is -1.21. The van der Waals surface area contributed by atoms with Crippen LogP contribution in [0.4, 0.5) is 5.69 Å². The molecule has 7 nitrogen and oxygen atoms in total. The van der Waals surface area contributed by atoms with E-state index in [9.17, 15) is 19.2 Å². The van der Waals surface area contributed by atoms with E-state index in [1.165, 1.54) is 0 Å². The molecule has 2 amide bonds. The molecule has 0 aliphatic carbocycles. The van der Waals surface area contributed by atoms with Gasteiger partial charge >= 0.3 is 0 Å². The minimum absolute atomic E-state index is 0.0223. The Kier molecular flexibility index (Phi) is 10.6. The number of nitrogens with zero attached hydrogens (tertiary/aromatic N) is 2. The van der Waals surface area contributed by atoms with Gasteiger partial charge in [-0.25, -0.2) is 0 Å². The zero-order valence-corrected chi connectivity index (χ0v) is 26.0. The summed E-state index contributed by atoms with van der Waals surface area (Å²) >= 11 is 6.19. The Morgan fingerprint density at radius 3 is 2.34 bits per heavy atom. The van der Waals surface area contributed by atoms with Gasteiger partial charge in [0.1, 0.15) is 0 Å². The zero-order valence-electron chi connectivity index (χ0n) is 25.3. The van der Waals surface area contributed by atoms with E-state index in [-0.39, 0.29) is 42.6 Å². The third kappa shape index (κ3) is 8.01. The number of rotatable bonds is 12. The molecule has 8 heteroatoms. The molecule has 0 saturated carbocycles. The third-order valence-electron chi connectivity index (χ3n) is 8.84. The molecule has 1 saturated heterocycles. The average Bonchev–Trinajstić information content (AvgIpc) is 3.57. The first kappa shape index (κ1) is 31.6. The first-order chi connectivity index (χ1) is 21.3. The summed E-state index contributed by atoms with van der Waals surface area (Å²) in [7, 11) is 0. The van der Waals surface area contributed by atoms with E-state index in [1.807, 2.05) is 43.3 Å². The molecule has 0 bridgehead atoms. The molecule has 3 aromatic rings. The van der Waals surface area contributed by atoms with Gasteiger partial charge in [0.05, 0.1) is 6.04 Å². The highest BCUT2D eigenvalue weighted by Gasteiger charge is 2.36. The molecule has 0 spiro atoms. The predicted octanol–water partition coefficient (Wildman–Crippen LogP) is 6.26. The van der Waals surface area contributed by atoms with Crippen LogP contribution in [0.3, 0.4) is 0 Å². The van der Waals surface area contributed by atoms with Crippen LogP contribution in [-0.4, -0.2) is 58.9 Å². The number of fused-ring (bicyclic) bond motifs is 1. The number of hydrogen-bond acceptors (Lipinski definition) is 5. The van der Waals surface area contributed by atoms with E-state index in [2.05, 4.69) is 10.2 Å². The van der Waals surface area contributed by atoms with Crippen LogP contribution in [0.1, 0.15) is 65.6 Å². The Morgan fingerprint density at radius 2 is 1.61 bits per heavy atom. The fourth-order valence-electron chi connectivity index (χ4n) is 6.22. The number of benzene rings is 3. The minimum atomic E-state index is -0.691. The van der Waals surface area contributed by atoms with Crippen molar-refractivity contribution in [3.05, 3.63) is 100 Å². The quantitative estimate of drug-likeness (QED) is 0.244. The number of ketones is 2. The SMILES string of the molecule is Cc1cc(NC(=O)[C@H](CCN2CCCC2)CC(=O)[C@@H]2Cc3ccccc3CN2C(=O)CCC(=O)c2ccccc2)ccc1Cl. The smallest absolute Gasteiger partial charge is 0.227 e. The standard InChI is InChI=1S/C36H40ClN3O4/c1-25-21-30(13-14-31(25)37)38-36(44)28(17-20-39-18-7-8-19-39)23-34(42)32-22-27-11-5-6-12-29(27)24-40(32)35(43)16-15-33(41)26-9-3-2-4-10-26/h2-6,9-14,21,28,32H,7-8,15-20,22-24H2,1H3,(H,38,44)/t28-,32+/m1/s1. The monoisotopic (exact) mass is 613 g/mol. The van der Waals surface area contributed by atoms with Crippen LogP contribution < -0.4 is 5.32 Å². The summed E-state index contributed by atoms with van der Waals surface area (Å²) in [5, 5.41) is 3.63. The van der Waals surface area contributed by atoms with Gasteiger partial charge in [-0.05, 0) is 80.7 Å². The normalized spacial score (nSPS) is 17.1. The van der Waals surface area contributed by atoms with Gasteiger partial charge in [-0.1, -0.05) is 66.2 Å². The molecule has 2 heterocycles. The summed E-state index contributed by atoms with van der Waals surface area (Å²) in [6.07, 6.45) is 3.36. The Morgan fingerprint density at radius 1 is 0.909 bits per heavy atom. The third-order valence-corrected chi connectivity index (χ3v) is 9.26. The highest BCUT2D eigenvalue weighted by molar-refractivity contribution is 6.31. The molecule has 44 heavy (non-hydrogen) atoms. The molecular formula is C36H40ClN3O4. The summed E-state index contributed by atoms with van der Waals surface area (Å²) in [6.45, 7) is 4.93. The van der Waals surface area contributed by atoms with E-state index in [1.54, 1.807) is 41.3 Å². The van der Waals surface area contributed by atoms with E-state index in [4.69, 9.17) is 11.6 Å². The van der Waals surface area contributed by atoms with Crippen molar-refractivity contribution in [3.63, 3.8) is 0 Å². The Hall–Kier alpha value is -3.81. The van der Waals surface area contributed by atoms with Crippen molar-refractivity contribution < 1.29 is 19.2 Å². The van der Waals surface area contributed by atoms with Gasteiger partial charge in [0.2, 0.25) is 11.8 Å².